The number of hydrogen-bond acceptors (Lipinski definition) is 7. The number of fused-ring (bicyclic) bond motifs is 1. The Morgan fingerprint density at radius 2 is 1.91 bits per heavy atom. The zero-order valence-electron chi connectivity index (χ0n) is 24.8. The number of alkyl halides is 1. The topological polar surface area (TPSA) is 96.4 Å². The molecule has 1 N–H and O–H groups in total. The van der Waals surface area contributed by atoms with Crippen molar-refractivity contribution in [1.82, 2.24) is 4.90 Å². The Morgan fingerprint density at radius 3 is 2.55 bits per heavy atom. The average Bonchev–Trinajstić information content (AvgIpc) is 3.64. The maximum absolute atomic E-state index is 14.9. The number of methoxy groups -OCH3 is 1. The first-order valence-electron chi connectivity index (χ1n) is 14.9. The van der Waals surface area contributed by atoms with Crippen LogP contribution in [0.5, 0.6) is 5.75 Å². The van der Waals surface area contributed by atoms with Crippen molar-refractivity contribution in [2.24, 2.45) is 11.8 Å². The van der Waals surface area contributed by atoms with E-state index in [0.29, 0.717) is 30.7 Å². The van der Waals surface area contributed by atoms with Gasteiger partial charge in [-0.25, -0.2) is 0 Å². The van der Waals surface area contributed by atoms with Crippen molar-refractivity contribution < 1.29 is 29.0 Å². The van der Waals surface area contributed by atoms with E-state index in [2.05, 4.69) is 29.1 Å². The number of ether oxygens (including phenoxy) is 2. The lowest BCUT2D eigenvalue weighted by atomic mass is 9.71. The molecule has 3 saturated heterocycles. The van der Waals surface area contributed by atoms with Crippen molar-refractivity contribution in [3.63, 3.8) is 0 Å². The summed E-state index contributed by atoms with van der Waals surface area (Å²) in [5.41, 5.74) is 1.57. The molecule has 0 saturated carbocycles. The van der Waals surface area contributed by atoms with Gasteiger partial charge in [-0.1, -0.05) is 58.4 Å². The molecule has 3 unspecified atom stereocenters. The monoisotopic (exact) mass is 682 g/mol. The van der Waals surface area contributed by atoms with E-state index in [1.807, 2.05) is 30.3 Å². The minimum Gasteiger partial charge on any atom is -0.497 e. The van der Waals surface area contributed by atoms with E-state index >= 15 is 0 Å². The van der Waals surface area contributed by atoms with E-state index in [0.717, 1.165) is 12.0 Å². The van der Waals surface area contributed by atoms with E-state index in [1.165, 1.54) is 0 Å². The molecule has 10 heteroatoms. The van der Waals surface area contributed by atoms with Gasteiger partial charge in [0.15, 0.2) is 0 Å². The third kappa shape index (κ3) is 5.84. The maximum Gasteiger partial charge on any atom is 0.310 e. The highest BCUT2D eigenvalue weighted by molar-refractivity contribution is 9.09. The highest BCUT2D eigenvalue weighted by Crippen LogP contribution is 2.68. The second-order valence-electron chi connectivity index (χ2n) is 11.5. The number of rotatable bonds is 14. The fourth-order valence-electron chi connectivity index (χ4n) is 7.00. The zero-order valence-corrected chi connectivity index (χ0v) is 27.3. The standard InChI is InChI=1S/C34H39BrN2O6S/c1-4-6-10-18-43-33(41)27-28-31(39)37(24(21-38)19-22-11-8-7-9-12-22)30(34(28)20-26(35)29(27)44-34)32(40)36(17-5-2)23-13-15-25(42-3)16-14-23/h4-5,7-9,11-16,24,26-30,38H,1-2,6,10,17-21H2,3H3/t24-,26?,27+,28+,29+,30?,34?/m1/s1. The first-order chi connectivity index (χ1) is 21.3. The number of aliphatic hydroxyl groups is 1. The fraction of sp³-hybridized carbons (Fsp3) is 0.441. The van der Waals surface area contributed by atoms with Crippen LogP contribution in [-0.2, 0) is 25.5 Å². The van der Waals surface area contributed by atoms with Crippen LogP contribution >= 0.6 is 27.7 Å². The number of halogens is 1. The molecule has 7 atom stereocenters. The number of unbranched alkanes of at least 4 members (excludes halogenated alkanes) is 1. The first kappa shape index (κ1) is 32.3. The van der Waals surface area contributed by atoms with Crippen LogP contribution in [0.3, 0.4) is 0 Å². The minimum absolute atomic E-state index is 0.0898. The van der Waals surface area contributed by atoms with Gasteiger partial charge >= 0.3 is 5.97 Å². The predicted octanol–water partition coefficient (Wildman–Crippen LogP) is 4.79. The van der Waals surface area contributed by atoms with Crippen molar-refractivity contribution in [3.05, 3.63) is 85.5 Å². The molecule has 2 bridgehead atoms. The fourth-order valence-corrected chi connectivity index (χ4v) is 10.6. The SMILES string of the molecule is C=CCCCOC(=O)[C@H]1[C@H]2C(=O)N([C@@H](CO)Cc3ccccc3)C(C(=O)N(CC=C)c3ccc(OC)cc3)C23CC(Br)[C@@H]1S3. The van der Waals surface area contributed by atoms with Crippen LogP contribution in [0.1, 0.15) is 24.8 Å². The van der Waals surface area contributed by atoms with Crippen molar-refractivity contribution in [3.8, 4) is 5.75 Å². The average molecular weight is 684 g/mol. The predicted molar refractivity (Wildman–Crippen MR) is 176 cm³/mol. The van der Waals surface area contributed by atoms with Gasteiger partial charge < -0.3 is 24.4 Å². The van der Waals surface area contributed by atoms with E-state index < -0.39 is 34.6 Å². The summed E-state index contributed by atoms with van der Waals surface area (Å²) in [5.74, 6) is -1.77. The number of anilines is 1. The van der Waals surface area contributed by atoms with Crippen molar-refractivity contribution >= 4 is 51.2 Å². The van der Waals surface area contributed by atoms with E-state index in [1.54, 1.807) is 65.1 Å². The molecule has 1 spiro atoms. The van der Waals surface area contributed by atoms with Gasteiger partial charge in [0.1, 0.15) is 11.8 Å². The molecule has 2 aromatic rings. The smallest absolute Gasteiger partial charge is 0.310 e. The Bertz CT molecular complexity index is 1370. The number of hydrogen-bond donors (Lipinski definition) is 1. The van der Waals surface area contributed by atoms with Gasteiger partial charge in [-0.3, -0.25) is 14.4 Å². The van der Waals surface area contributed by atoms with E-state index in [-0.39, 0.29) is 41.6 Å². The van der Waals surface area contributed by atoms with E-state index in [9.17, 15) is 19.5 Å². The molecule has 0 aliphatic carbocycles. The van der Waals surface area contributed by atoms with Gasteiger partial charge in [0.2, 0.25) is 5.91 Å². The lowest BCUT2D eigenvalue weighted by Gasteiger charge is -2.40. The Balaban J connectivity index is 1.57. The largest absolute Gasteiger partial charge is 0.497 e. The molecule has 2 aromatic carbocycles. The maximum atomic E-state index is 14.9. The molecule has 8 nitrogen and oxygen atoms in total. The molecule has 3 aliphatic rings. The zero-order chi connectivity index (χ0) is 31.4. The second-order valence-corrected chi connectivity index (χ2v) is 14.2. The van der Waals surface area contributed by atoms with Crippen LogP contribution in [0.2, 0.25) is 0 Å². The summed E-state index contributed by atoms with van der Waals surface area (Å²) in [5, 5.41) is 10.5. The van der Waals surface area contributed by atoms with Crippen molar-refractivity contribution in [2.45, 2.75) is 52.6 Å². The summed E-state index contributed by atoms with van der Waals surface area (Å²) >= 11 is 5.36. The number of allylic oxidation sites excluding steroid dienone is 1. The van der Waals surface area contributed by atoms with Crippen LogP contribution < -0.4 is 9.64 Å². The van der Waals surface area contributed by atoms with Gasteiger partial charge in [0, 0.05) is 22.3 Å². The van der Waals surface area contributed by atoms with Crippen molar-refractivity contribution in [2.75, 3.05) is 31.8 Å². The highest BCUT2D eigenvalue weighted by atomic mass is 79.9. The van der Waals surface area contributed by atoms with Crippen LogP contribution in [0.25, 0.3) is 0 Å². The number of esters is 1. The molecule has 234 valence electrons. The molecule has 0 aromatic heterocycles. The third-order valence-corrected chi connectivity index (χ3v) is 12.1. The van der Waals surface area contributed by atoms with Crippen LogP contribution in [-0.4, -0.2) is 81.6 Å². The number of thioether (sulfide) groups is 1. The van der Waals surface area contributed by atoms with Crippen molar-refractivity contribution in [1.29, 1.82) is 0 Å². The molecular weight excluding hydrogens is 644 g/mol. The summed E-state index contributed by atoms with van der Waals surface area (Å²) < 4.78 is 10.2. The van der Waals surface area contributed by atoms with Crippen LogP contribution in [0.15, 0.2) is 79.9 Å². The van der Waals surface area contributed by atoms with Gasteiger partial charge in [0.05, 0.1) is 42.9 Å². The summed E-state index contributed by atoms with van der Waals surface area (Å²) in [6.45, 7) is 7.74. The molecule has 2 amide bonds. The Labute approximate surface area is 271 Å². The van der Waals surface area contributed by atoms with Gasteiger partial charge in [-0.2, -0.15) is 0 Å². The van der Waals surface area contributed by atoms with Gasteiger partial charge in [-0.05, 0) is 55.5 Å². The summed E-state index contributed by atoms with van der Waals surface area (Å²) in [4.78, 5) is 46.3. The minimum atomic E-state index is -0.920. The number of amides is 2. The number of nitrogens with zero attached hydrogens (tertiary/aromatic N) is 2. The molecule has 3 heterocycles. The summed E-state index contributed by atoms with van der Waals surface area (Å²) in [6.07, 6.45) is 5.69. The lowest BCUT2D eigenvalue weighted by Crippen LogP contribution is -2.58. The summed E-state index contributed by atoms with van der Waals surface area (Å²) in [7, 11) is 1.58. The van der Waals surface area contributed by atoms with Gasteiger partial charge in [-0.15, -0.1) is 24.9 Å². The Morgan fingerprint density at radius 1 is 1.18 bits per heavy atom. The number of likely N-dealkylation sites (tertiary alicyclic amines) is 1. The molecule has 5 rings (SSSR count). The number of aliphatic hydroxyl groups excluding tert-OH is 1. The normalized spacial score (nSPS) is 27.5. The number of benzene rings is 2. The number of carbonyl (C=O) groups is 3. The quantitative estimate of drug-likeness (QED) is 0.133. The molecule has 3 aliphatic heterocycles. The second kappa shape index (κ2) is 13.9. The first-order valence-corrected chi connectivity index (χ1v) is 16.7. The third-order valence-electron chi connectivity index (χ3n) is 8.91. The summed E-state index contributed by atoms with van der Waals surface area (Å²) in [6, 6.07) is 15.2. The lowest BCUT2D eigenvalue weighted by molar-refractivity contribution is -0.154. The molecule has 3 fully saturated rings. The van der Waals surface area contributed by atoms with Crippen LogP contribution in [0.4, 0.5) is 5.69 Å². The van der Waals surface area contributed by atoms with Crippen LogP contribution in [0, 0.1) is 11.8 Å². The highest BCUT2D eigenvalue weighted by Gasteiger charge is 2.76. The molecular formula is C34H39BrN2O6S. The Hall–Kier alpha value is -3.08. The number of carbonyl (C=O) groups excluding carboxylic acids is 3. The Kier molecular flexibility index (Phi) is 10.2. The molecule has 0 radical (unpaired) electrons. The van der Waals surface area contributed by atoms with E-state index in [4.69, 9.17) is 9.47 Å². The molecule has 44 heavy (non-hydrogen) atoms. The van der Waals surface area contributed by atoms with Gasteiger partial charge in [0.25, 0.3) is 5.91 Å².